The van der Waals surface area contributed by atoms with Gasteiger partial charge in [-0.2, -0.15) is 0 Å². The molecule has 0 rings (SSSR count). The molecular weight excluding hydrogens is 226 g/mol. The number of unbranched alkanes of at least 4 members (excludes halogenated alkanes) is 1. The van der Waals surface area contributed by atoms with E-state index >= 15 is 0 Å². The fourth-order valence-electron chi connectivity index (χ4n) is 1.09. The maximum absolute atomic E-state index is 11.2. The minimum atomic E-state index is -1.32. The van der Waals surface area contributed by atoms with E-state index in [-0.39, 0.29) is 6.42 Å². The molecule has 0 bridgehead atoms. The van der Waals surface area contributed by atoms with Crippen molar-refractivity contribution >= 4 is 12.1 Å². The molecule has 17 heavy (non-hydrogen) atoms. The number of carbonyl (C=O) groups is 2. The van der Waals surface area contributed by atoms with Crippen molar-refractivity contribution in [2.75, 3.05) is 6.54 Å². The minimum absolute atomic E-state index is 0.186. The molecule has 0 aliphatic heterocycles. The van der Waals surface area contributed by atoms with Crippen molar-refractivity contribution in [3.05, 3.63) is 0 Å². The molecular formula is C11H21NO5. The van der Waals surface area contributed by atoms with Crippen LogP contribution in [0.1, 0.15) is 40.0 Å². The van der Waals surface area contributed by atoms with Gasteiger partial charge in [0.2, 0.25) is 0 Å². The zero-order valence-electron chi connectivity index (χ0n) is 10.5. The van der Waals surface area contributed by atoms with E-state index in [9.17, 15) is 9.59 Å². The van der Waals surface area contributed by atoms with Gasteiger partial charge in [-0.1, -0.05) is 0 Å². The van der Waals surface area contributed by atoms with Crippen LogP contribution in [0.4, 0.5) is 4.79 Å². The second kappa shape index (κ2) is 7.11. The van der Waals surface area contributed by atoms with Crippen molar-refractivity contribution in [2.45, 2.75) is 51.7 Å². The third-order valence-electron chi connectivity index (χ3n) is 1.86. The average Bonchev–Trinajstić information content (AvgIpc) is 2.13. The molecule has 0 unspecified atom stereocenters. The molecule has 0 radical (unpaired) electrons. The summed E-state index contributed by atoms with van der Waals surface area (Å²) in [5, 5.41) is 19.9. The lowest BCUT2D eigenvalue weighted by atomic mass is 10.1. The van der Waals surface area contributed by atoms with Gasteiger partial charge in [0.1, 0.15) is 5.60 Å². The van der Waals surface area contributed by atoms with Gasteiger partial charge >= 0.3 is 12.1 Å². The molecule has 100 valence electrons. The van der Waals surface area contributed by atoms with E-state index < -0.39 is 23.8 Å². The first kappa shape index (κ1) is 15.7. The van der Waals surface area contributed by atoms with Gasteiger partial charge in [-0.15, -0.1) is 0 Å². The Balaban J connectivity index is 3.52. The topological polar surface area (TPSA) is 95.9 Å². The summed E-state index contributed by atoms with van der Waals surface area (Å²) < 4.78 is 5.01. The highest BCUT2D eigenvalue weighted by Crippen LogP contribution is 2.06. The molecule has 0 fully saturated rings. The van der Waals surface area contributed by atoms with Crippen LogP contribution in [0.3, 0.4) is 0 Å². The van der Waals surface area contributed by atoms with Gasteiger partial charge < -0.3 is 20.3 Å². The zero-order valence-corrected chi connectivity index (χ0v) is 10.5. The zero-order chi connectivity index (χ0) is 13.5. The first-order valence-electron chi connectivity index (χ1n) is 5.60. The fourth-order valence-corrected chi connectivity index (χ4v) is 1.09. The number of aliphatic hydroxyl groups excluding tert-OH is 1. The number of hydrogen-bond donors (Lipinski definition) is 3. The van der Waals surface area contributed by atoms with Crippen molar-refractivity contribution < 1.29 is 24.5 Å². The lowest BCUT2D eigenvalue weighted by Gasteiger charge is -2.19. The second-order valence-corrected chi connectivity index (χ2v) is 4.78. The van der Waals surface area contributed by atoms with E-state index in [2.05, 4.69) is 5.32 Å². The molecule has 0 saturated carbocycles. The SMILES string of the molecule is CC(C)(C)OC(=O)NCCCC[C@H](O)C(=O)O. The molecule has 0 aromatic heterocycles. The summed E-state index contributed by atoms with van der Waals surface area (Å²) in [4.78, 5) is 21.5. The highest BCUT2D eigenvalue weighted by atomic mass is 16.6. The molecule has 0 heterocycles. The Kier molecular flexibility index (Phi) is 6.57. The van der Waals surface area contributed by atoms with Crippen LogP contribution in [0, 0.1) is 0 Å². The summed E-state index contributed by atoms with van der Waals surface area (Å²) in [6.07, 6.45) is -0.495. The Morgan fingerprint density at radius 3 is 2.35 bits per heavy atom. The number of amides is 1. The van der Waals surface area contributed by atoms with Crippen LogP contribution in [0.15, 0.2) is 0 Å². The van der Waals surface area contributed by atoms with Crippen LogP contribution < -0.4 is 5.32 Å². The molecule has 0 aromatic rings. The van der Waals surface area contributed by atoms with E-state index in [4.69, 9.17) is 14.9 Å². The Bertz CT molecular complexity index is 259. The minimum Gasteiger partial charge on any atom is -0.479 e. The number of aliphatic hydroxyl groups is 1. The summed E-state index contributed by atoms with van der Waals surface area (Å²) >= 11 is 0. The van der Waals surface area contributed by atoms with Crippen LogP contribution in [0.5, 0.6) is 0 Å². The number of ether oxygens (including phenoxy) is 1. The molecule has 3 N–H and O–H groups in total. The summed E-state index contributed by atoms with van der Waals surface area (Å²) in [5.74, 6) is -1.22. The van der Waals surface area contributed by atoms with Gasteiger partial charge in [0.05, 0.1) is 0 Å². The molecule has 0 aliphatic carbocycles. The van der Waals surface area contributed by atoms with Crippen LogP contribution in [-0.4, -0.2) is 40.5 Å². The predicted molar refractivity (Wildman–Crippen MR) is 61.7 cm³/mol. The smallest absolute Gasteiger partial charge is 0.407 e. The number of alkyl carbamates (subject to hydrolysis) is 1. The summed E-state index contributed by atoms with van der Waals surface area (Å²) in [6.45, 7) is 5.72. The van der Waals surface area contributed by atoms with Crippen LogP contribution in [0.2, 0.25) is 0 Å². The number of nitrogens with one attached hydrogen (secondary N) is 1. The van der Waals surface area contributed by atoms with Crippen molar-refractivity contribution in [1.29, 1.82) is 0 Å². The number of carboxylic acids is 1. The number of hydrogen-bond acceptors (Lipinski definition) is 4. The largest absolute Gasteiger partial charge is 0.479 e. The molecule has 6 nitrogen and oxygen atoms in total. The Hall–Kier alpha value is -1.30. The molecule has 0 aromatic carbocycles. The van der Waals surface area contributed by atoms with Crippen molar-refractivity contribution in [3.63, 3.8) is 0 Å². The maximum Gasteiger partial charge on any atom is 0.407 e. The standard InChI is InChI=1S/C11H21NO5/c1-11(2,3)17-10(16)12-7-5-4-6-8(13)9(14)15/h8,13H,4-7H2,1-3H3,(H,12,16)(H,14,15)/t8-/m0/s1. The van der Waals surface area contributed by atoms with Gasteiger partial charge in [-0.3, -0.25) is 0 Å². The summed E-state index contributed by atoms with van der Waals surface area (Å²) in [5.41, 5.74) is -0.524. The Labute approximate surface area is 101 Å². The van der Waals surface area contributed by atoms with Gasteiger partial charge in [-0.25, -0.2) is 9.59 Å². The quantitative estimate of drug-likeness (QED) is 0.611. The van der Waals surface area contributed by atoms with E-state index in [1.54, 1.807) is 20.8 Å². The van der Waals surface area contributed by atoms with E-state index in [1.165, 1.54) is 0 Å². The van der Waals surface area contributed by atoms with Gasteiger partial charge in [0, 0.05) is 6.54 Å². The number of rotatable bonds is 6. The number of aliphatic carboxylic acids is 1. The highest BCUT2D eigenvalue weighted by molar-refractivity contribution is 5.71. The van der Waals surface area contributed by atoms with Gasteiger partial charge in [0.25, 0.3) is 0 Å². The first-order valence-corrected chi connectivity index (χ1v) is 5.60. The van der Waals surface area contributed by atoms with Gasteiger partial charge in [-0.05, 0) is 40.0 Å². The van der Waals surface area contributed by atoms with Crippen molar-refractivity contribution in [2.24, 2.45) is 0 Å². The molecule has 1 atom stereocenters. The summed E-state index contributed by atoms with van der Waals surface area (Å²) in [7, 11) is 0. The van der Waals surface area contributed by atoms with Gasteiger partial charge in [0.15, 0.2) is 6.10 Å². The molecule has 0 spiro atoms. The molecule has 0 aliphatic rings. The maximum atomic E-state index is 11.2. The van der Waals surface area contributed by atoms with Crippen molar-refractivity contribution in [3.8, 4) is 0 Å². The third kappa shape index (κ3) is 9.62. The van der Waals surface area contributed by atoms with E-state index in [0.717, 1.165) is 0 Å². The first-order chi connectivity index (χ1) is 7.72. The van der Waals surface area contributed by atoms with Crippen molar-refractivity contribution in [1.82, 2.24) is 5.32 Å². The number of carbonyl (C=O) groups excluding carboxylic acids is 1. The molecule has 0 saturated heterocycles. The lowest BCUT2D eigenvalue weighted by molar-refractivity contribution is -0.146. The predicted octanol–water partition coefficient (Wildman–Crippen LogP) is 1.13. The summed E-state index contributed by atoms with van der Waals surface area (Å²) in [6, 6.07) is 0. The van der Waals surface area contributed by atoms with E-state index in [0.29, 0.717) is 19.4 Å². The van der Waals surface area contributed by atoms with E-state index in [1.807, 2.05) is 0 Å². The Morgan fingerprint density at radius 1 is 1.29 bits per heavy atom. The molecule has 1 amide bonds. The molecule has 6 heteroatoms. The fraction of sp³-hybridized carbons (Fsp3) is 0.818. The normalized spacial score (nSPS) is 12.9. The third-order valence-corrected chi connectivity index (χ3v) is 1.86. The highest BCUT2D eigenvalue weighted by Gasteiger charge is 2.15. The average molecular weight is 247 g/mol. The number of carboxylic acid groups (broad SMARTS) is 1. The lowest BCUT2D eigenvalue weighted by Crippen LogP contribution is -2.33. The van der Waals surface area contributed by atoms with Crippen LogP contribution in [-0.2, 0) is 9.53 Å². The van der Waals surface area contributed by atoms with Crippen LogP contribution in [0.25, 0.3) is 0 Å². The Morgan fingerprint density at radius 2 is 1.88 bits per heavy atom. The second-order valence-electron chi connectivity index (χ2n) is 4.78. The monoisotopic (exact) mass is 247 g/mol. The van der Waals surface area contributed by atoms with Crippen LogP contribution >= 0.6 is 0 Å².